The van der Waals surface area contributed by atoms with Gasteiger partial charge in [-0.3, -0.25) is 4.79 Å². The van der Waals surface area contributed by atoms with Crippen LogP contribution in [0.5, 0.6) is 0 Å². The van der Waals surface area contributed by atoms with Crippen LogP contribution in [0.15, 0.2) is 60.7 Å². The Hall–Kier alpha value is -1.84. The third-order valence-electron chi connectivity index (χ3n) is 3.72. The van der Waals surface area contributed by atoms with Gasteiger partial charge in [-0.15, -0.1) is 12.4 Å². The normalized spacial score (nSPS) is 10.2. The molecular formula is C19H25ClN2O. The monoisotopic (exact) mass is 332 g/mol. The quantitative estimate of drug-likeness (QED) is 0.728. The van der Waals surface area contributed by atoms with Crippen LogP contribution in [0.25, 0.3) is 0 Å². The number of hydrogen-bond acceptors (Lipinski definition) is 2. The van der Waals surface area contributed by atoms with Crippen LogP contribution >= 0.6 is 12.4 Å². The molecule has 0 aliphatic rings. The number of rotatable bonds is 8. The topological polar surface area (TPSA) is 41.1 Å². The molecule has 0 fully saturated rings. The molecule has 23 heavy (non-hydrogen) atoms. The van der Waals surface area contributed by atoms with E-state index in [0.29, 0.717) is 6.42 Å². The lowest BCUT2D eigenvalue weighted by atomic mass is 9.88. The first kappa shape index (κ1) is 19.2. The Morgan fingerprint density at radius 2 is 1.43 bits per heavy atom. The molecule has 0 spiro atoms. The molecule has 0 heterocycles. The Morgan fingerprint density at radius 3 is 1.91 bits per heavy atom. The predicted molar refractivity (Wildman–Crippen MR) is 98.1 cm³/mol. The van der Waals surface area contributed by atoms with Crippen molar-refractivity contribution in [3.05, 3.63) is 71.8 Å². The van der Waals surface area contributed by atoms with Crippen LogP contribution in [-0.2, 0) is 4.79 Å². The molecular weight excluding hydrogens is 308 g/mol. The van der Waals surface area contributed by atoms with Gasteiger partial charge < -0.3 is 10.6 Å². The zero-order valence-electron chi connectivity index (χ0n) is 13.5. The third-order valence-corrected chi connectivity index (χ3v) is 3.72. The van der Waals surface area contributed by atoms with Gasteiger partial charge in [0.15, 0.2) is 0 Å². The molecule has 2 aromatic carbocycles. The van der Waals surface area contributed by atoms with Crippen LogP contribution in [0.3, 0.4) is 0 Å². The fourth-order valence-electron chi connectivity index (χ4n) is 2.55. The SMILES string of the molecule is CNCCCNC(=O)CC(c1ccccc1)c1ccccc1.Cl. The molecule has 0 saturated heterocycles. The van der Waals surface area contributed by atoms with E-state index < -0.39 is 0 Å². The highest BCUT2D eigenvalue weighted by atomic mass is 35.5. The number of benzene rings is 2. The van der Waals surface area contributed by atoms with Crippen molar-refractivity contribution in [2.75, 3.05) is 20.1 Å². The minimum Gasteiger partial charge on any atom is -0.356 e. The summed E-state index contributed by atoms with van der Waals surface area (Å²) in [5.41, 5.74) is 2.36. The van der Waals surface area contributed by atoms with Gasteiger partial charge in [0.05, 0.1) is 0 Å². The maximum absolute atomic E-state index is 12.2. The van der Waals surface area contributed by atoms with Crippen molar-refractivity contribution in [2.45, 2.75) is 18.8 Å². The summed E-state index contributed by atoms with van der Waals surface area (Å²) in [5, 5.41) is 6.09. The van der Waals surface area contributed by atoms with Gasteiger partial charge in [0, 0.05) is 18.9 Å². The first-order valence-electron chi connectivity index (χ1n) is 7.82. The van der Waals surface area contributed by atoms with Crippen molar-refractivity contribution >= 4 is 18.3 Å². The van der Waals surface area contributed by atoms with E-state index in [1.807, 2.05) is 43.4 Å². The number of amides is 1. The zero-order valence-corrected chi connectivity index (χ0v) is 14.3. The molecule has 0 saturated carbocycles. The van der Waals surface area contributed by atoms with Crippen molar-refractivity contribution < 1.29 is 4.79 Å². The van der Waals surface area contributed by atoms with Crippen LogP contribution in [0.2, 0.25) is 0 Å². The Labute approximate surface area is 144 Å². The summed E-state index contributed by atoms with van der Waals surface area (Å²) in [6, 6.07) is 20.5. The van der Waals surface area contributed by atoms with Crippen molar-refractivity contribution in [3.8, 4) is 0 Å². The second kappa shape index (κ2) is 10.8. The van der Waals surface area contributed by atoms with E-state index in [-0.39, 0.29) is 24.2 Å². The summed E-state index contributed by atoms with van der Waals surface area (Å²) in [7, 11) is 1.92. The molecule has 2 rings (SSSR count). The standard InChI is InChI=1S/C19H24N2O.ClH/c1-20-13-8-14-21-19(22)15-18(16-9-4-2-5-10-16)17-11-6-3-7-12-17;/h2-7,9-12,18,20H,8,13-15H2,1H3,(H,21,22);1H. The lowest BCUT2D eigenvalue weighted by Gasteiger charge is -2.18. The van der Waals surface area contributed by atoms with Crippen LogP contribution in [0.1, 0.15) is 29.9 Å². The highest BCUT2D eigenvalue weighted by molar-refractivity contribution is 5.85. The van der Waals surface area contributed by atoms with E-state index in [0.717, 1.165) is 19.5 Å². The van der Waals surface area contributed by atoms with Crippen LogP contribution in [0, 0.1) is 0 Å². The minimum atomic E-state index is 0. The van der Waals surface area contributed by atoms with Gasteiger partial charge in [0.25, 0.3) is 0 Å². The van der Waals surface area contributed by atoms with Crippen LogP contribution in [-0.4, -0.2) is 26.0 Å². The Balaban J connectivity index is 0.00000264. The van der Waals surface area contributed by atoms with Gasteiger partial charge in [-0.05, 0) is 31.1 Å². The molecule has 0 aliphatic heterocycles. The molecule has 0 atom stereocenters. The van der Waals surface area contributed by atoms with Crippen LogP contribution < -0.4 is 10.6 Å². The average molecular weight is 333 g/mol. The smallest absolute Gasteiger partial charge is 0.220 e. The maximum atomic E-state index is 12.2. The Bertz CT molecular complexity index is 521. The first-order valence-corrected chi connectivity index (χ1v) is 7.82. The van der Waals surface area contributed by atoms with Gasteiger partial charge in [0.1, 0.15) is 0 Å². The summed E-state index contributed by atoms with van der Waals surface area (Å²) in [6.45, 7) is 1.64. The van der Waals surface area contributed by atoms with Crippen molar-refractivity contribution in [3.63, 3.8) is 0 Å². The van der Waals surface area contributed by atoms with Crippen molar-refractivity contribution in [1.29, 1.82) is 0 Å². The van der Waals surface area contributed by atoms with Gasteiger partial charge in [-0.25, -0.2) is 0 Å². The number of carbonyl (C=O) groups excluding carboxylic acids is 1. The highest BCUT2D eigenvalue weighted by Crippen LogP contribution is 2.27. The van der Waals surface area contributed by atoms with Crippen molar-refractivity contribution in [2.24, 2.45) is 0 Å². The van der Waals surface area contributed by atoms with E-state index in [4.69, 9.17) is 0 Å². The lowest BCUT2D eigenvalue weighted by molar-refractivity contribution is -0.121. The van der Waals surface area contributed by atoms with E-state index in [1.165, 1.54) is 11.1 Å². The second-order valence-electron chi connectivity index (χ2n) is 5.39. The number of nitrogens with one attached hydrogen (secondary N) is 2. The Morgan fingerprint density at radius 1 is 0.913 bits per heavy atom. The summed E-state index contributed by atoms with van der Waals surface area (Å²) in [5.74, 6) is 0.209. The van der Waals surface area contributed by atoms with E-state index >= 15 is 0 Å². The van der Waals surface area contributed by atoms with Crippen LogP contribution in [0.4, 0.5) is 0 Å². The largest absolute Gasteiger partial charge is 0.356 e. The molecule has 0 aromatic heterocycles. The molecule has 2 N–H and O–H groups in total. The molecule has 0 radical (unpaired) electrons. The predicted octanol–water partition coefficient (Wildman–Crippen LogP) is 3.36. The summed E-state index contributed by atoms with van der Waals surface area (Å²) >= 11 is 0. The minimum absolute atomic E-state index is 0. The number of hydrogen-bond donors (Lipinski definition) is 2. The first-order chi connectivity index (χ1) is 10.8. The zero-order chi connectivity index (χ0) is 15.6. The van der Waals surface area contributed by atoms with Crippen molar-refractivity contribution in [1.82, 2.24) is 10.6 Å². The molecule has 1 amide bonds. The van der Waals surface area contributed by atoms with E-state index in [2.05, 4.69) is 34.9 Å². The molecule has 0 aliphatic carbocycles. The third kappa shape index (κ3) is 6.43. The van der Waals surface area contributed by atoms with Gasteiger partial charge in [-0.1, -0.05) is 60.7 Å². The average Bonchev–Trinajstić information content (AvgIpc) is 2.58. The molecule has 3 nitrogen and oxygen atoms in total. The summed E-state index contributed by atoms with van der Waals surface area (Å²) in [4.78, 5) is 12.2. The maximum Gasteiger partial charge on any atom is 0.220 e. The highest BCUT2D eigenvalue weighted by Gasteiger charge is 2.17. The van der Waals surface area contributed by atoms with Gasteiger partial charge in [0.2, 0.25) is 5.91 Å². The Kier molecular flexibility index (Phi) is 9.03. The summed E-state index contributed by atoms with van der Waals surface area (Å²) < 4.78 is 0. The fourth-order valence-corrected chi connectivity index (χ4v) is 2.55. The molecule has 0 bridgehead atoms. The van der Waals surface area contributed by atoms with Gasteiger partial charge in [-0.2, -0.15) is 0 Å². The molecule has 4 heteroatoms. The van der Waals surface area contributed by atoms with E-state index in [1.54, 1.807) is 0 Å². The number of carbonyl (C=O) groups is 1. The molecule has 0 unspecified atom stereocenters. The van der Waals surface area contributed by atoms with Gasteiger partial charge >= 0.3 is 0 Å². The van der Waals surface area contributed by atoms with E-state index in [9.17, 15) is 4.79 Å². The number of halogens is 1. The molecule has 124 valence electrons. The summed E-state index contributed by atoms with van der Waals surface area (Å²) in [6.07, 6.45) is 1.43. The fraction of sp³-hybridized carbons (Fsp3) is 0.316. The molecule has 2 aromatic rings. The second-order valence-corrected chi connectivity index (χ2v) is 5.39. The lowest BCUT2D eigenvalue weighted by Crippen LogP contribution is -2.28.